The third kappa shape index (κ3) is 7.49. The Morgan fingerprint density at radius 3 is 2.75 bits per heavy atom. The van der Waals surface area contributed by atoms with E-state index in [4.69, 9.17) is 9.47 Å². The van der Waals surface area contributed by atoms with Crippen molar-refractivity contribution in [1.82, 2.24) is 4.90 Å². The second-order valence-electron chi connectivity index (χ2n) is 7.46. The van der Waals surface area contributed by atoms with Crippen molar-refractivity contribution in [2.24, 2.45) is 0 Å². The number of hydrogen-bond donors (Lipinski definition) is 1. The average Bonchev–Trinajstić information content (AvgIpc) is 3.17. The van der Waals surface area contributed by atoms with Crippen LogP contribution < -0.4 is 0 Å². The molecule has 1 N–H and O–H groups in total. The predicted octanol–water partition coefficient (Wildman–Crippen LogP) is 3.64. The maximum absolute atomic E-state index is 14.4. The highest BCUT2D eigenvalue weighted by molar-refractivity contribution is 5.69. The topological polar surface area (TPSA) is 59.0 Å². The van der Waals surface area contributed by atoms with Gasteiger partial charge in [-0.25, -0.2) is 4.39 Å². The molecule has 1 aromatic rings. The van der Waals surface area contributed by atoms with Crippen LogP contribution in [-0.4, -0.2) is 54.9 Å². The maximum atomic E-state index is 14.4. The molecular formula is C22H34FNO4. The van der Waals surface area contributed by atoms with Crippen molar-refractivity contribution in [2.45, 2.75) is 64.6 Å². The van der Waals surface area contributed by atoms with E-state index in [-0.39, 0.29) is 24.5 Å². The molecule has 2 rings (SSSR count). The van der Waals surface area contributed by atoms with Crippen molar-refractivity contribution in [3.63, 3.8) is 0 Å². The number of aliphatic hydroxyl groups excluding tert-OH is 1. The van der Waals surface area contributed by atoms with Gasteiger partial charge in [0.1, 0.15) is 5.82 Å². The van der Waals surface area contributed by atoms with E-state index in [1.165, 1.54) is 18.9 Å². The van der Waals surface area contributed by atoms with Crippen LogP contribution in [0.4, 0.5) is 4.39 Å². The molecule has 0 radical (unpaired) electrons. The van der Waals surface area contributed by atoms with Gasteiger partial charge in [-0.05, 0) is 76.2 Å². The third-order valence-electron chi connectivity index (χ3n) is 5.16. The normalized spacial score (nSPS) is 16.9. The summed E-state index contributed by atoms with van der Waals surface area (Å²) >= 11 is 0. The number of nitrogens with zero attached hydrogens (tertiary/aromatic N) is 1. The van der Waals surface area contributed by atoms with E-state index in [0.29, 0.717) is 44.4 Å². The van der Waals surface area contributed by atoms with E-state index >= 15 is 0 Å². The zero-order valence-electron chi connectivity index (χ0n) is 17.2. The van der Waals surface area contributed by atoms with E-state index in [2.05, 4.69) is 4.90 Å². The minimum Gasteiger partial charge on any atom is -0.466 e. The van der Waals surface area contributed by atoms with Crippen molar-refractivity contribution < 1.29 is 23.8 Å². The number of carbonyl (C=O) groups is 1. The molecule has 2 atom stereocenters. The Labute approximate surface area is 167 Å². The lowest BCUT2D eigenvalue weighted by atomic mass is 9.97. The summed E-state index contributed by atoms with van der Waals surface area (Å²) in [7, 11) is 0. The quantitative estimate of drug-likeness (QED) is 0.433. The molecule has 5 nitrogen and oxygen atoms in total. The molecule has 1 saturated heterocycles. The summed E-state index contributed by atoms with van der Waals surface area (Å²) in [6.45, 7) is 6.98. The molecule has 2 unspecified atom stereocenters. The zero-order valence-corrected chi connectivity index (χ0v) is 17.2. The highest BCUT2D eigenvalue weighted by Gasteiger charge is 2.19. The molecular weight excluding hydrogens is 361 g/mol. The van der Waals surface area contributed by atoms with Crippen LogP contribution in [0.5, 0.6) is 0 Å². The van der Waals surface area contributed by atoms with Crippen LogP contribution >= 0.6 is 0 Å². The molecule has 0 amide bonds. The number of β-amino-alcohol motifs (C(OH)–C–C–N with tert-alkyl or cyclic N) is 1. The molecule has 0 aliphatic carbocycles. The maximum Gasteiger partial charge on any atom is 0.305 e. The second kappa shape index (κ2) is 12.1. The summed E-state index contributed by atoms with van der Waals surface area (Å²) in [4.78, 5) is 13.7. The summed E-state index contributed by atoms with van der Waals surface area (Å²) < 4.78 is 25.2. The molecule has 28 heavy (non-hydrogen) atoms. The first-order valence-electron chi connectivity index (χ1n) is 10.5. The summed E-state index contributed by atoms with van der Waals surface area (Å²) in [6, 6.07) is 5.02. The SMILES string of the molecule is CCOC(=O)CCCCc1c(F)cccc1C(C)OCC(O)CN1CCCC1. The van der Waals surface area contributed by atoms with Crippen LogP contribution in [-0.2, 0) is 20.7 Å². The monoisotopic (exact) mass is 395 g/mol. The molecule has 1 aromatic carbocycles. The van der Waals surface area contributed by atoms with E-state index in [0.717, 1.165) is 18.7 Å². The van der Waals surface area contributed by atoms with Gasteiger partial charge in [0, 0.05) is 13.0 Å². The van der Waals surface area contributed by atoms with E-state index < -0.39 is 6.10 Å². The number of hydrogen-bond acceptors (Lipinski definition) is 5. The lowest BCUT2D eigenvalue weighted by molar-refractivity contribution is -0.143. The molecule has 0 saturated carbocycles. The number of benzene rings is 1. The van der Waals surface area contributed by atoms with Gasteiger partial charge < -0.3 is 19.5 Å². The highest BCUT2D eigenvalue weighted by atomic mass is 19.1. The van der Waals surface area contributed by atoms with Gasteiger partial charge in [-0.1, -0.05) is 12.1 Å². The van der Waals surface area contributed by atoms with Crippen LogP contribution in [0.1, 0.15) is 63.2 Å². The lowest BCUT2D eigenvalue weighted by Gasteiger charge is -2.22. The zero-order chi connectivity index (χ0) is 20.4. The Bertz CT molecular complexity index is 604. The van der Waals surface area contributed by atoms with Gasteiger partial charge in [-0.15, -0.1) is 0 Å². The van der Waals surface area contributed by atoms with Gasteiger partial charge in [-0.3, -0.25) is 4.79 Å². The van der Waals surface area contributed by atoms with Crippen molar-refractivity contribution in [2.75, 3.05) is 32.8 Å². The average molecular weight is 396 g/mol. The van der Waals surface area contributed by atoms with Crippen molar-refractivity contribution in [3.8, 4) is 0 Å². The number of carbonyl (C=O) groups excluding carboxylic acids is 1. The van der Waals surface area contributed by atoms with Gasteiger partial charge in [0.25, 0.3) is 0 Å². The molecule has 1 heterocycles. The van der Waals surface area contributed by atoms with Crippen LogP contribution in [0.25, 0.3) is 0 Å². The van der Waals surface area contributed by atoms with Gasteiger partial charge >= 0.3 is 5.97 Å². The molecule has 1 aliphatic heterocycles. The number of halogens is 1. The molecule has 1 fully saturated rings. The summed E-state index contributed by atoms with van der Waals surface area (Å²) in [5.74, 6) is -0.457. The van der Waals surface area contributed by atoms with E-state index in [1.807, 2.05) is 13.0 Å². The number of aliphatic hydroxyl groups is 1. The Morgan fingerprint density at radius 2 is 2.04 bits per heavy atom. The smallest absolute Gasteiger partial charge is 0.305 e. The largest absolute Gasteiger partial charge is 0.466 e. The van der Waals surface area contributed by atoms with Gasteiger partial charge in [0.05, 0.1) is 25.4 Å². The Kier molecular flexibility index (Phi) is 9.88. The van der Waals surface area contributed by atoms with Crippen molar-refractivity contribution in [3.05, 3.63) is 35.1 Å². The number of rotatable bonds is 12. The summed E-state index contributed by atoms with van der Waals surface area (Å²) in [6.07, 6.45) is 3.80. The van der Waals surface area contributed by atoms with Crippen LogP contribution in [0.3, 0.4) is 0 Å². The molecule has 1 aliphatic rings. The Hall–Kier alpha value is -1.50. The predicted molar refractivity (Wildman–Crippen MR) is 107 cm³/mol. The standard InChI is InChI=1S/C22H34FNO4/c1-3-27-22(26)12-5-4-9-20-19(10-8-11-21(20)23)17(2)28-16-18(25)15-24-13-6-7-14-24/h8,10-11,17-18,25H,3-7,9,12-16H2,1-2H3. The van der Waals surface area contributed by atoms with Crippen molar-refractivity contribution >= 4 is 5.97 Å². The first kappa shape index (κ1) is 22.8. The Morgan fingerprint density at radius 1 is 1.29 bits per heavy atom. The number of unbranched alkanes of at least 4 members (excludes halogenated alkanes) is 1. The Balaban J connectivity index is 1.83. The fraction of sp³-hybridized carbons (Fsp3) is 0.682. The van der Waals surface area contributed by atoms with Gasteiger partial charge in [0.15, 0.2) is 0 Å². The fourth-order valence-electron chi connectivity index (χ4n) is 3.69. The van der Waals surface area contributed by atoms with Crippen LogP contribution in [0.2, 0.25) is 0 Å². The fourth-order valence-corrected chi connectivity index (χ4v) is 3.69. The van der Waals surface area contributed by atoms with Crippen LogP contribution in [0, 0.1) is 5.82 Å². The second-order valence-corrected chi connectivity index (χ2v) is 7.46. The lowest BCUT2D eigenvalue weighted by Crippen LogP contribution is -2.33. The highest BCUT2D eigenvalue weighted by Crippen LogP contribution is 2.25. The van der Waals surface area contributed by atoms with E-state index in [1.54, 1.807) is 13.0 Å². The van der Waals surface area contributed by atoms with E-state index in [9.17, 15) is 14.3 Å². The number of ether oxygens (including phenoxy) is 2. The minimum atomic E-state index is -0.540. The third-order valence-corrected chi connectivity index (χ3v) is 5.16. The van der Waals surface area contributed by atoms with Gasteiger partial charge in [-0.2, -0.15) is 0 Å². The van der Waals surface area contributed by atoms with Gasteiger partial charge in [0.2, 0.25) is 0 Å². The molecule has 6 heteroatoms. The van der Waals surface area contributed by atoms with Crippen molar-refractivity contribution in [1.29, 1.82) is 0 Å². The van der Waals surface area contributed by atoms with Crippen LogP contribution in [0.15, 0.2) is 18.2 Å². The first-order chi connectivity index (χ1) is 13.5. The number of likely N-dealkylation sites (tertiary alicyclic amines) is 1. The first-order valence-corrected chi connectivity index (χ1v) is 10.5. The summed E-state index contributed by atoms with van der Waals surface area (Å²) in [5.41, 5.74) is 1.44. The minimum absolute atomic E-state index is 0.208. The number of esters is 1. The molecule has 0 bridgehead atoms. The molecule has 0 aromatic heterocycles. The molecule has 0 spiro atoms. The summed E-state index contributed by atoms with van der Waals surface area (Å²) in [5, 5.41) is 10.2. The molecule has 158 valence electrons.